The molecule has 1 unspecified atom stereocenters. The lowest BCUT2D eigenvalue weighted by atomic mass is 9.99. The Bertz CT molecular complexity index is 490. The van der Waals surface area contributed by atoms with Crippen LogP contribution in [-0.2, 0) is 0 Å². The van der Waals surface area contributed by atoms with Crippen LogP contribution >= 0.6 is 11.5 Å². The van der Waals surface area contributed by atoms with E-state index in [1.54, 1.807) is 0 Å². The summed E-state index contributed by atoms with van der Waals surface area (Å²) < 4.78 is 3.85. The summed E-state index contributed by atoms with van der Waals surface area (Å²) in [4.78, 5) is 0.822. The molecule has 0 saturated heterocycles. The van der Waals surface area contributed by atoms with Crippen molar-refractivity contribution in [1.29, 1.82) is 0 Å². The van der Waals surface area contributed by atoms with Crippen LogP contribution in [-0.4, -0.2) is 14.7 Å². The fourth-order valence-electron chi connectivity index (χ4n) is 1.70. The fourth-order valence-corrected chi connectivity index (χ4v) is 2.36. The average Bonchev–Trinajstić information content (AvgIpc) is 2.74. The number of aryl methyl sites for hydroxylation is 1. The molecule has 3 nitrogen and oxygen atoms in total. The van der Waals surface area contributed by atoms with Crippen molar-refractivity contribution in [3.8, 4) is 0 Å². The van der Waals surface area contributed by atoms with Crippen LogP contribution < -0.4 is 0 Å². The van der Waals surface area contributed by atoms with Gasteiger partial charge in [0.2, 0.25) is 0 Å². The molecule has 0 bridgehead atoms. The lowest BCUT2D eigenvalue weighted by molar-refractivity contribution is 0.223. The molecule has 0 saturated carbocycles. The predicted molar refractivity (Wildman–Crippen MR) is 69.2 cm³/mol. The molecule has 1 N–H and O–H groups in total. The van der Waals surface area contributed by atoms with Gasteiger partial charge in [0.05, 0.1) is 10.6 Å². The fraction of sp³-hybridized carbons (Fsp3) is 0.385. The number of aliphatic hydroxyl groups is 1. The molecule has 0 aliphatic rings. The van der Waals surface area contributed by atoms with Gasteiger partial charge in [0.15, 0.2) is 0 Å². The highest BCUT2D eigenvalue weighted by molar-refractivity contribution is 7.05. The minimum atomic E-state index is -0.615. The number of hydrogen-bond acceptors (Lipinski definition) is 4. The van der Waals surface area contributed by atoms with Gasteiger partial charge in [-0.1, -0.05) is 42.6 Å². The molecule has 17 heavy (non-hydrogen) atoms. The van der Waals surface area contributed by atoms with Crippen molar-refractivity contribution < 1.29 is 5.11 Å². The molecule has 0 amide bonds. The first kappa shape index (κ1) is 12.2. The van der Waals surface area contributed by atoms with Gasteiger partial charge in [-0.3, -0.25) is 0 Å². The Balaban J connectivity index is 2.26. The highest BCUT2D eigenvalue weighted by Gasteiger charge is 2.16. The summed E-state index contributed by atoms with van der Waals surface area (Å²) in [6, 6.07) is 8.07. The molecule has 0 radical (unpaired) electrons. The van der Waals surface area contributed by atoms with Crippen LogP contribution in [0.3, 0.4) is 0 Å². The van der Waals surface area contributed by atoms with Crippen LogP contribution in [0.1, 0.15) is 47.6 Å². The van der Waals surface area contributed by atoms with Crippen molar-refractivity contribution in [3.05, 3.63) is 46.0 Å². The molecule has 0 spiro atoms. The van der Waals surface area contributed by atoms with E-state index in [1.165, 1.54) is 17.1 Å². The highest BCUT2D eigenvalue weighted by Crippen LogP contribution is 2.27. The van der Waals surface area contributed by atoms with E-state index in [1.807, 2.05) is 19.1 Å². The van der Waals surface area contributed by atoms with Gasteiger partial charge in [-0.2, -0.15) is 0 Å². The number of nitrogens with zero attached hydrogens (tertiary/aromatic N) is 2. The second-order valence-electron chi connectivity index (χ2n) is 4.45. The van der Waals surface area contributed by atoms with Crippen LogP contribution in [0.5, 0.6) is 0 Å². The molecule has 1 heterocycles. The van der Waals surface area contributed by atoms with Gasteiger partial charge in [0.1, 0.15) is 6.10 Å². The average molecular weight is 248 g/mol. The number of rotatable bonds is 3. The van der Waals surface area contributed by atoms with E-state index in [2.05, 4.69) is 35.6 Å². The van der Waals surface area contributed by atoms with E-state index in [-0.39, 0.29) is 0 Å². The zero-order valence-corrected chi connectivity index (χ0v) is 11.0. The first-order chi connectivity index (χ1) is 8.09. The van der Waals surface area contributed by atoms with Gasteiger partial charge >= 0.3 is 0 Å². The van der Waals surface area contributed by atoms with Crippen LogP contribution in [0, 0.1) is 6.92 Å². The number of benzene rings is 1. The summed E-state index contributed by atoms with van der Waals surface area (Å²) in [6.45, 7) is 6.18. The largest absolute Gasteiger partial charge is 0.383 e. The molecule has 0 aliphatic heterocycles. The SMILES string of the molecule is Cc1nnsc1C(O)c1ccc(C(C)C)cc1. The zero-order chi connectivity index (χ0) is 12.4. The van der Waals surface area contributed by atoms with Crippen LogP contribution in [0.4, 0.5) is 0 Å². The highest BCUT2D eigenvalue weighted by atomic mass is 32.1. The third-order valence-corrected chi connectivity index (χ3v) is 3.73. The minimum Gasteiger partial charge on any atom is -0.383 e. The molecule has 2 aromatic rings. The summed E-state index contributed by atoms with van der Waals surface area (Å²) in [5, 5.41) is 14.1. The number of hydrogen-bond donors (Lipinski definition) is 1. The minimum absolute atomic E-state index is 0.507. The van der Waals surface area contributed by atoms with Gasteiger partial charge < -0.3 is 5.11 Å². The Morgan fingerprint density at radius 3 is 2.18 bits per heavy atom. The molecule has 0 aliphatic carbocycles. The van der Waals surface area contributed by atoms with Crippen molar-refractivity contribution in [1.82, 2.24) is 9.59 Å². The first-order valence-electron chi connectivity index (χ1n) is 5.66. The van der Waals surface area contributed by atoms with Gasteiger partial charge in [-0.05, 0) is 35.5 Å². The van der Waals surface area contributed by atoms with Crippen molar-refractivity contribution >= 4 is 11.5 Å². The molecule has 90 valence electrons. The second kappa shape index (κ2) is 4.94. The summed E-state index contributed by atoms with van der Waals surface area (Å²) >= 11 is 1.25. The summed E-state index contributed by atoms with van der Waals surface area (Å²) in [5.41, 5.74) is 2.97. The Hall–Kier alpha value is -1.26. The van der Waals surface area contributed by atoms with Crippen LogP contribution in [0.15, 0.2) is 24.3 Å². The Kier molecular flexibility index (Phi) is 3.54. The molecule has 2 rings (SSSR count). The molecule has 0 fully saturated rings. The maximum Gasteiger partial charge on any atom is 0.117 e. The molecule has 4 heteroatoms. The van der Waals surface area contributed by atoms with Crippen molar-refractivity contribution in [3.63, 3.8) is 0 Å². The first-order valence-corrected chi connectivity index (χ1v) is 6.43. The van der Waals surface area contributed by atoms with E-state index < -0.39 is 6.10 Å². The Morgan fingerprint density at radius 2 is 1.71 bits per heavy atom. The maximum atomic E-state index is 10.2. The summed E-state index contributed by atoms with van der Waals surface area (Å²) in [5.74, 6) is 0.507. The van der Waals surface area contributed by atoms with Crippen LogP contribution in [0.2, 0.25) is 0 Å². The monoisotopic (exact) mass is 248 g/mol. The van der Waals surface area contributed by atoms with Crippen molar-refractivity contribution in [2.75, 3.05) is 0 Å². The quantitative estimate of drug-likeness (QED) is 0.908. The van der Waals surface area contributed by atoms with Gasteiger partial charge in [-0.15, -0.1) is 5.10 Å². The lowest BCUT2D eigenvalue weighted by Crippen LogP contribution is -1.99. The normalized spacial score (nSPS) is 13.0. The summed E-state index contributed by atoms with van der Waals surface area (Å²) in [6.07, 6.45) is -0.615. The standard InChI is InChI=1S/C13H16N2OS/c1-8(2)10-4-6-11(7-5-10)12(16)13-9(3)14-15-17-13/h4-8,12,16H,1-3H3. The smallest absolute Gasteiger partial charge is 0.117 e. The van der Waals surface area contributed by atoms with Crippen molar-refractivity contribution in [2.24, 2.45) is 0 Å². The zero-order valence-electron chi connectivity index (χ0n) is 10.2. The topological polar surface area (TPSA) is 46.0 Å². The number of aromatic nitrogens is 2. The Labute approximate surface area is 105 Å². The number of aliphatic hydroxyl groups excluding tert-OH is 1. The Morgan fingerprint density at radius 1 is 1.12 bits per heavy atom. The molecular formula is C13H16N2OS. The van der Waals surface area contributed by atoms with E-state index in [0.717, 1.165) is 16.1 Å². The van der Waals surface area contributed by atoms with Gasteiger partial charge in [0.25, 0.3) is 0 Å². The maximum absolute atomic E-state index is 10.2. The summed E-state index contributed by atoms with van der Waals surface area (Å²) in [7, 11) is 0. The van der Waals surface area contributed by atoms with Gasteiger partial charge in [-0.25, -0.2) is 0 Å². The third kappa shape index (κ3) is 2.53. The van der Waals surface area contributed by atoms with E-state index in [9.17, 15) is 5.11 Å². The second-order valence-corrected chi connectivity index (χ2v) is 5.23. The van der Waals surface area contributed by atoms with Crippen molar-refractivity contribution in [2.45, 2.75) is 32.8 Å². The molecule has 1 atom stereocenters. The van der Waals surface area contributed by atoms with Gasteiger partial charge in [0, 0.05) is 0 Å². The van der Waals surface area contributed by atoms with E-state index in [0.29, 0.717) is 5.92 Å². The van der Waals surface area contributed by atoms with E-state index in [4.69, 9.17) is 0 Å². The predicted octanol–water partition coefficient (Wildman–Crippen LogP) is 3.05. The van der Waals surface area contributed by atoms with E-state index >= 15 is 0 Å². The molecular weight excluding hydrogens is 232 g/mol. The molecule has 1 aromatic heterocycles. The molecule has 1 aromatic carbocycles. The lowest BCUT2D eigenvalue weighted by Gasteiger charge is -2.11. The third-order valence-electron chi connectivity index (χ3n) is 2.85. The van der Waals surface area contributed by atoms with Crippen LogP contribution in [0.25, 0.3) is 0 Å².